The van der Waals surface area contributed by atoms with Gasteiger partial charge >= 0.3 is 37.7 Å². The molecule has 11 heteroatoms. The summed E-state index contributed by atoms with van der Waals surface area (Å²) in [5, 5.41) is 0. The molecule has 480 valence electrons. The molecule has 0 aliphatic heterocycles. The van der Waals surface area contributed by atoms with Crippen LogP contribution < -0.4 is 0 Å². The van der Waals surface area contributed by atoms with Gasteiger partial charge in [0, 0.05) is 11.8 Å². The monoisotopic (exact) mass is 1210 g/mol. The van der Waals surface area contributed by atoms with Crippen molar-refractivity contribution in [2.45, 2.75) is 400 Å². The zero-order chi connectivity index (χ0) is 58.8. The van der Waals surface area contributed by atoms with Gasteiger partial charge in [0.05, 0.1) is 13.2 Å². The van der Waals surface area contributed by atoms with Gasteiger partial charge < -0.3 is 9.11 Å². The number of hydrogen-bond donors (Lipinski definition) is 0. The molecular formula is C70H138CaO8S2. The maximum Gasteiger partial charge on any atom is 2.00 e. The van der Waals surface area contributed by atoms with Crippen molar-refractivity contribution in [1.29, 1.82) is 0 Å². The summed E-state index contributed by atoms with van der Waals surface area (Å²) >= 11 is 0. The van der Waals surface area contributed by atoms with Crippen molar-refractivity contribution in [2.24, 2.45) is 11.8 Å². The number of unbranched alkanes of at least 4 members (excludes halogenated alkanes) is 52. The van der Waals surface area contributed by atoms with Crippen molar-refractivity contribution in [1.82, 2.24) is 0 Å². The van der Waals surface area contributed by atoms with Crippen LogP contribution in [0.1, 0.15) is 400 Å². The van der Waals surface area contributed by atoms with Crippen molar-refractivity contribution in [3.05, 3.63) is 24.3 Å². The second-order valence-corrected chi connectivity index (χ2v) is 26.7. The fourth-order valence-electron chi connectivity index (χ4n) is 11.2. The maximum absolute atomic E-state index is 10.9. The summed E-state index contributed by atoms with van der Waals surface area (Å²) < 4.78 is 74.8. The topological polar surface area (TPSA) is 133 Å². The quantitative estimate of drug-likeness (QED) is 0.0193. The van der Waals surface area contributed by atoms with E-state index < -0.39 is 20.8 Å². The van der Waals surface area contributed by atoms with Gasteiger partial charge in [-0.15, -0.1) is 0 Å². The van der Waals surface area contributed by atoms with Crippen LogP contribution in [0.3, 0.4) is 0 Å². The average molecular weight is 1210 g/mol. The van der Waals surface area contributed by atoms with Crippen LogP contribution in [-0.2, 0) is 29.2 Å². The number of hydrogen-bond acceptors (Lipinski definition) is 8. The van der Waals surface area contributed by atoms with Crippen LogP contribution in [0.5, 0.6) is 0 Å². The summed E-state index contributed by atoms with van der Waals surface area (Å²) in [6.45, 7) is 9.05. The first-order valence-corrected chi connectivity index (χ1v) is 38.2. The fourth-order valence-corrected chi connectivity index (χ4v) is 11.8. The molecule has 0 aromatic heterocycles. The minimum absolute atomic E-state index is 0. The van der Waals surface area contributed by atoms with E-state index in [4.69, 9.17) is 0 Å². The van der Waals surface area contributed by atoms with Crippen LogP contribution in [0.2, 0.25) is 0 Å². The molecule has 0 aliphatic rings. The molecule has 0 radical (unpaired) electrons. The first kappa shape index (κ1) is 85.7. The van der Waals surface area contributed by atoms with Crippen molar-refractivity contribution >= 4 is 58.5 Å². The van der Waals surface area contributed by atoms with Crippen molar-refractivity contribution < 1.29 is 34.3 Å². The molecule has 0 aromatic rings. The van der Waals surface area contributed by atoms with Crippen LogP contribution in [0.4, 0.5) is 0 Å². The Kier molecular flexibility index (Phi) is 75.4. The van der Waals surface area contributed by atoms with Gasteiger partial charge in [-0.05, 0) is 38.5 Å². The Morgan fingerprint density at radius 1 is 0.272 bits per heavy atom. The first-order valence-electron chi connectivity index (χ1n) is 35.5. The second kappa shape index (κ2) is 71.2. The molecule has 0 amide bonds. The van der Waals surface area contributed by atoms with Crippen LogP contribution in [0.15, 0.2) is 24.3 Å². The number of allylic oxidation sites excluding steroid dienone is 2. The van der Waals surface area contributed by atoms with Crippen molar-refractivity contribution in [3.63, 3.8) is 0 Å². The van der Waals surface area contributed by atoms with Crippen LogP contribution in [0, 0.1) is 11.8 Å². The smallest absolute Gasteiger partial charge is 0.726 e. The Bertz CT molecular complexity index is 1350. The molecule has 0 heterocycles. The van der Waals surface area contributed by atoms with E-state index >= 15 is 0 Å². The molecule has 2 unspecified atom stereocenters. The van der Waals surface area contributed by atoms with E-state index in [2.05, 4.69) is 60.4 Å². The van der Waals surface area contributed by atoms with Crippen molar-refractivity contribution in [3.8, 4) is 0 Å². The molecule has 0 saturated carbocycles. The molecule has 2 atom stereocenters. The third kappa shape index (κ3) is 80.5. The largest absolute Gasteiger partial charge is 2.00 e. The van der Waals surface area contributed by atoms with E-state index in [1.807, 2.05) is 0 Å². The fraction of sp³-hybridized carbons (Fsp3) is 0.943. The van der Waals surface area contributed by atoms with E-state index in [-0.39, 0.29) is 62.8 Å². The summed E-state index contributed by atoms with van der Waals surface area (Å²) in [6.07, 6.45) is 84.8. The van der Waals surface area contributed by atoms with Crippen LogP contribution in [-0.4, -0.2) is 76.9 Å². The molecule has 8 nitrogen and oxygen atoms in total. The Balaban J connectivity index is -0.00000148. The van der Waals surface area contributed by atoms with Gasteiger partial charge in [0.1, 0.15) is 0 Å². The van der Waals surface area contributed by atoms with E-state index in [0.29, 0.717) is 0 Å². The van der Waals surface area contributed by atoms with Gasteiger partial charge in [-0.25, -0.2) is 16.8 Å². The predicted octanol–water partition coefficient (Wildman–Crippen LogP) is 23.6. The zero-order valence-electron chi connectivity index (χ0n) is 54.7. The standard InChI is InChI=1S/2C35H70O4S.Ca/c2*1-3-5-7-9-11-13-15-17-18-19-20-21-23-25-27-29-31-33-35(34-39-40(36,37)38)32-30-28-26-24-22-16-14-12-10-8-6-4-2;/h2*30,32,35H,3-29,31,33-34H2,1-2H3,(H,36,37,38);/q;;+2/p-2/b2*32-30+;. The van der Waals surface area contributed by atoms with Gasteiger partial charge in [-0.1, -0.05) is 386 Å². The summed E-state index contributed by atoms with van der Waals surface area (Å²) in [4.78, 5) is 0. The minimum atomic E-state index is -4.62. The summed E-state index contributed by atoms with van der Waals surface area (Å²) in [5.41, 5.74) is 0. The first-order chi connectivity index (χ1) is 39.0. The molecule has 0 rings (SSSR count). The summed E-state index contributed by atoms with van der Waals surface area (Å²) in [6, 6.07) is 0. The molecule has 0 saturated heterocycles. The van der Waals surface area contributed by atoms with E-state index in [1.54, 1.807) is 0 Å². The van der Waals surface area contributed by atoms with Gasteiger partial charge in [-0.3, -0.25) is 8.37 Å². The van der Waals surface area contributed by atoms with Crippen molar-refractivity contribution in [2.75, 3.05) is 13.2 Å². The summed E-state index contributed by atoms with van der Waals surface area (Å²) in [7, 11) is -9.24. The molecule has 0 bridgehead atoms. The average Bonchev–Trinajstić information content (AvgIpc) is 3.43. The molecule has 81 heavy (non-hydrogen) atoms. The second-order valence-electron chi connectivity index (χ2n) is 24.6. The molecule has 0 aliphatic carbocycles. The number of rotatable bonds is 66. The van der Waals surface area contributed by atoms with Crippen LogP contribution >= 0.6 is 0 Å². The van der Waals surface area contributed by atoms with Gasteiger partial charge in [0.25, 0.3) is 0 Å². The SMILES string of the molecule is CCCCCCCCCCCC/C=C/C(CCCCCCCCCCCCCCCCCCC)COS(=O)(=O)[O-].CCCCCCCCCCCC/C=C/C(CCCCCCCCCCCCCCCCCCC)COS(=O)(=O)[O-].[Ca+2]. The Hall–Kier alpha value is 0.480. The minimum Gasteiger partial charge on any atom is -0.726 e. The third-order valence-electron chi connectivity index (χ3n) is 16.5. The molecular weight excluding hydrogens is 1070 g/mol. The maximum atomic E-state index is 10.9. The predicted molar refractivity (Wildman–Crippen MR) is 353 cm³/mol. The summed E-state index contributed by atoms with van der Waals surface area (Å²) in [5.74, 6) is 0.0337. The third-order valence-corrected chi connectivity index (χ3v) is 17.3. The van der Waals surface area contributed by atoms with Gasteiger partial charge in [0.15, 0.2) is 0 Å². The molecule has 0 N–H and O–H groups in total. The Labute approximate surface area is 538 Å². The molecule has 0 spiro atoms. The van der Waals surface area contributed by atoms with Crippen LogP contribution in [0.25, 0.3) is 0 Å². The zero-order valence-corrected chi connectivity index (χ0v) is 58.5. The van der Waals surface area contributed by atoms with Gasteiger partial charge in [-0.2, -0.15) is 0 Å². The molecule has 0 aromatic carbocycles. The Morgan fingerprint density at radius 3 is 0.605 bits per heavy atom. The van der Waals surface area contributed by atoms with E-state index in [9.17, 15) is 25.9 Å². The Morgan fingerprint density at radius 2 is 0.432 bits per heavy atom. The molecule has 0 fully saturated rings. The van der Waals surface area contributed by atoms with E-state index in [1.165, 1.54) is 334 Å². The normalized spacial score (nSPS) is 12.8. The van der Waals surface area contributed by atoms with Gasteiger partial charge in [0.2, 0.25) is 20.8 Å². The van der Waals surface area contributed by atoms with E-state index in [0.717, 1.165) is 38.5 Å².